The van der Waals surface area contributed by atoms with E-state index in [2.05, 4.69) is 54.7 Å². The maximum Gasteiger partial charge on any atom is 0.0731 e. The summed E-state index contributed by atoms with van der Waals surface area (Å²) >= 11 is 3.97. The monoisotopic (exact) mass is 281 g/mol. The van der Waals surface area contributed by atoms with Crippen molar-refractivity contribution in [2.24, 2.45) is 0 Å². The molecule has 0 bridgehead atoms. The normalized spacial score (nSPS) is 12.1. The Labute approximate surface area is 85.5 Å². The van der Waals surface area contributed by atoms with Gasteiger partial charge in [-0.3, -0.25) is 0 Å². The molecule has 0 unspecified atom stereocenters. The molecule has 1 aromatic rings. The maximum atomic E-state index is 4.42. The third-order valence-electron chi connectivity index (χ3n) is 1.50. The SMILES string of the molecule is Cc1snc(C(C)(C)C)c1I. The summed E-state index contributed by atoms with van der Waals surface area (Å²) in [6.07, 6.45) is 0. The highest BCUT2D eigenvalue weighted by atomic mass is 127. The number of aryl methyl sites for hydroxylation is 1. The van der Waals surface area contributed by atoms with Gasteiger partial charge in [-0.2, -0.15) is 4.37 Å². The zero-order valence-corrected chi connectivity index (χ0v) is 10.2. The van der Waals surface area contributed by atoms with Crippen molar-refractivity contribution in [1.29, 1.82) is 0 Å². The Hall–Kier alpha value is 0.360. The van der Waals surface area contributed by atoms with Crippen molar-refractivity contribution in [2.75, 3.05) is 0 Å². The van der Waals surface area contributed by atoms with Crippen LogP contribution in [0.15, 0.2) is 0 Å². The molecule has 1 nitrogen and oxygen atoms in total. The van der Waals surface area contributed by atoms with Crippen LogP contribution in [0.3, 0.4) is 0 Å². The summed E-state index contributed by atoms with van der Waals surface area (Å²) in [5.41, 5.74) is 1.43. The average Bonchev–Trinajstić information content (AvgIpc) is 2.11. The summed E-state index contributed by atoms with van der Waals surface area (Å²) in [6, 6.07) is 0. The first-order valence-corrected chi connectivity index (χ1v) is 5.40. The lowest BCUT2D eigenvalue weighted by Crippen LogP contribution is -2.12. The van der Waals surface area contributed by atoms with E-state index < -0.39 is 0 Å². The molecule has 0 amide bonds. The van der Waals surface area contributed by atoms with Gasteiger partial charge in [-0.15, -0.1) is 0 Å². The number of hydrogen-bond donors (Lipinski definition) is 0. The standard InChI is InChI=1S/C8H12INS/c1-5-6(9)7(10-11-5)8(2,3)4/h1-4H3. The lowest BCUT2D eigenvalue weighted by Gasteiger charge is -2.15. The molecule has 11 heavy (non-hydrogen) atoms. The lowest BCUT2D eigenvalue weighted by molar-refractivity contribution is 0.572. The second kappa shape index (κ2) is 3.01. The van der Waals surface area contributed by atoms with Crippen LogP contribution in [0.2, 0.25) is 0 Å². The largest absolute Gasteiger partial charge is 0.196 e. The molecule has 0 saturated heterocycles. The number of aromatic nitrogens is 1. The van der Waals surface area contributed by atoms with Gasteiger partial charge in [-0.25, -0.2) is 0 Å². The van der Waals surface area contributed by atoms with E-state index in [4.69, 9.17) is 0 Å². The third kappa shape index (κ3) is 1.93. The van der Waals surface area contributed by atoms with Gasteiger partial charge in [0, 0.05) is 10.3 Å². The van der Waals surface area contributed by atoms with E-state index in [9.17, 15) is 0 Å². The highest BCUT2D eigenvalue weighted by molar-refractivity contribution is 14.1. The molecular weight excluding hydrogens is 269 g/mol. The van der Waals surface area contributed by atoms with Crippen LogP contribution in [0.25, 0.3) is 0 Å². The number of rotatable bonds is 0. The fourth-order valence-corrected chi connectivity index (χ4v) is 2.99. The quantitative estimate of drug-likeness (QED) is 0.664. The van der Waals surface area contributed by atoms with Crippen LogP contribution in [0.4, 0.5) is 0 Å². The van der Waals surface area contributed by atoms with Crippen LogP contribution in [0.1, 0.15) is 31.3 Å². The zero-order chi connectivity index (χ0) is 8.65. The molecule has 1 aromatic heterocycles. The molecular formula is C8H12INS. The zero-order valence-electron chi connectivity index (χ0n) is 7.23. The molecule has 62 valence electrons. The van der Waals surface area contributed by atoms with Gasteiger partial charge >= 0.3 is 0 Å². The van der Waals surface area contributed by atoms with Crippen molar-refractivity contribution < 1.29 is 0 Å². The van der Waals surface area contributed by atoms with E-state index in [1.807, 2.05) is 0 Å². The van der Waals surface area contributed by atoms with Crippen molar-refractivity contribution in [3.63, 3.8) is 0 Å². The smallest absolute Gasteiger partial charge is 0.0731 e. The Morgan fingerprint density at radius 1 is 1.36 bits per heavy atom. The van der Waals surface area contributed by atoms with Gasteiger partial charge in [-0.1, -0.05) is 20.8 Å². The van der Waals surface area contributed by atoms with Crippen LogP contribution in [0.5, 0.6) is 0 Å². The fraction of sp³-hybridized carbons (Fsp3) is 0.625. The van der Waals surface area contributed by atoms with E-state index in [-0.39, 0.29) is 5.41 Å². The van der Waals surface area contributed by atoms with Gasteiger partial charge in [0.1, 0.15) is 0 Å². The second-order valence-electron chi connectivity index (χ2n) is 3.65. The highest BCUT2D eigenvalue weighted by Crippen LogP contribution is 2.29. The average molecular weight is 281 g/mol. The van der Waals surface area contributed by atoms with E-state index in [1.165, 1.54) is 14.1 Å². The van der Waals surface area contributed by atoms with Crippen molar-refractivity contribution in [3.8, 4) is 0 Å². The number of halogens is 1. The summed E-state index contributed by atoms with van der Waals surface area (Å²) in [4.78, 5) is 1.33. The Morgan fingerprint density at radius 3 is 2.09 bits per heavy atom. The van der Waals surface area contributed by atoms with Gasteiger partial charge in [0.15, 0.2) is 0 Å². The summed E-state index contributed by atoms with van der Waals surface area (Å²) in [6.45, 7) is 8.71. The van der Waals surface area contributed by atoms with E-state index in [1.54, 1.807) is 11.5 Å². The van der Waals surface area contributed by atoms with Crippen molar-refractivity contribution in [3.05, 3.63) is 14.1 Å². The van der Waals surface area contributed by atoms with Crippen molar-refractivity contribution in [1.82, 2.24) is 4.37 Å². The molecule has 0 atom stereocenters. The van der Waals surface area contributed by atoms with Gasteiger partial charge < -0.3 is 0 Å². The molecule has 0 spiro atoms. The molecule has 0 aliphatic carbocycles. The van der Waals surface area contributed by atoms with Crippen LogP contribution < -0.4 is 0 Å². The molecule has 1 heterocycles. The first-order chi connectivity index (χ1) is 4.93. The summed E-state index contributed by atoms with van der Waals surface area (Å²) in [5.74, 6) is 0. The molecule has 0 N–H and O–H groups in total. The summed E-state index contributed by atoms with van der Waals surface area (Å²) in [7, 11) is 0. The highest BCUT2D eigenvalue weighted by Gasteiger charge is 2.21. The van der Waals surface area contributed by atoms with Gasteiger partial charge in [0.25, 0.3) is 0 Å². The first-order valence-electron chi connectivity index (χ1n) is 3.55. The molecule has 0 aliphatic rings. The van der Waals surface area contributed by atoms with E-state index in [0.717, 1.165) is 0 Å². The van der Waals surface area contributed by atoms with Gasteiger partial charge in [0.2, 0.25) is 0 Å². The van der Waals surface area contributed by atoms with Crippen LogP contribution in [0, 0.1) is 10.5 Å². The molecule has 3 heteroatoms. The maximum absolute atomic E-state index is 4.42. The number of hydrogen-bond acceptors (Lipinski definition) is 2. The summed E-state index contributed by atoms with van der Waals surface area (Å²) in [5, 5.41) is 0. The molecule has 0 fully saturated rings. The minimum absolute atomic E-state index is 0.196. The second-order valence-corrected chi connectivity index (χ2v) is 5.71. The Balaban J connectivity index is 3.15. The Bertz CT molecular complexity index is 260. The molecule has 0 saturated carbocycles. The van der Waals surface area contributed by atoms with Crippen LogP contribution in [-0.2, 0) is 5.41 Å². The number of nitrogens with zero attached hydrogens (tertiary/aromatic N) is 1. The Morgan fingerprint density at radius 2 is 1.91 bits per heavy atom. The van der Waals surface area contributed by atoms with E-state index >= 15 is 0 Å². The summed E-state index contributed by atoms with van der Waals surface area (Å²) < 4.78 is 5.75. The van der Waals surface area contributed by atoms with Gasteiger partial charge in [0.05, 0.1) is 9.26 Å². The predicted molar refractivity (Wildman–Crippen MR) is 58.3 cm³/mol. The van der Waals surface area contributed by atoms with Gasteiger partial charge in [-0.05, 0) is 41.0 Å². The van der Waals surface area contributed by atoms with Crippen molar-refractivity contribution >= 4 is 34.1 Å². The van der Waals surface area contributed by atoms with Crippen molar-refractivity contribution in [2.45, 2.75) is 33.1 Å². The van der Waals surface area contributed by atoms with Crippen LogP contribution >= 0.6 is 34.1 Å². The predicted octanol–water partition coefficient (Wildman–Crippen LogP) is 3.35. The molecule has 1 rings (SSSR count). The minimum Gasteiger partial charge on any atom is -0.196 e. The Kier molecular flexibility index (Phi) is 2.59. The fourth-order valence-electron chi connectivity index (χ4n) is 0.827. The van der Waals surface area contributed by atoms with E-state index in [0.29, 0.717) is 0 Å². The first kappa shape index (κ1) is 9.45. The molecule has 0 radical (unpaired) electrons. The topological polar surface area (TPSA) is 12.9 Å². The molecule has 0 aromatic carbocycles. The third-order valence-corrected chi connectivity index (χ3v) is 3.94. The minimum atomic E-state index is 0.196. The molecule has 0 aliphatic heterocycles. The lowest BCUT2D eigenvalue weighted by atomic mass is 9.92. The van der Waals surface area contributed by atoms with Crippen LogP contribution in [-0.4, -0.2) is 4.37 Å².